The molecule has 0 spiro atoms. The molecular formula is C19H18BrN3O2. The van der Waals surface area contributed by atoms with E-state index in [0.717, 1.165) is 10.0 Å². The molecule has 6 heteroatoms. The molecule has 1 N–H and O–H groups in total. The van der Waals surface area contributed by atoms with Crippen molar-refractivity contribution in [3.8, 4) is 0 Å². The minimum Gasteiger partial charge on any atom is -0.348 e. The summed E-state index contributed by atoms with van der Waals surface area (Å²) in [6.07, 6.45) is 0. The summed E-state index contributed by atoms with van der Waals surface area (Å²) in [5, 5.41) is 3.44. The van der Waals surface area contributed by atoms with Gasteiger partial charge in [-0.1, -0.05) is 40.2 Å². The number of nitrogens with one attached hydrogen (secondary N) is 1. The highest BCUT2D eigenvalue weighted by Gasteiger charge is 2.14. The fourth-order valence-corrected chi connectivity index (χ4v) is 3.00. The fourth-order valence-electron chi connectivity index (χ4n) is 2.73. The Labute approximate surface area is 153 Å². The third kappa shape index (κ3) is 3.79. The molecule has 25 heavy (non-hydrogen) atoms. The maximum atomic E-state index is 12.6. The lowest BCUT2D eigenvalue weighted by molar-refractivity contribution is -0.122. The average molecular weight is 400 g/mol. The van der Waals surface area contributed by atoms with E-state index < -0.39 is 0 Å². The zero-order chi connectivity index (χ0) is 18.0. The summed E-state index contributed by atoms with van der Waals surface area (Å²) >= 11 is 3.39. The van der Waals surface area contributed by atoms with Gasteiger partial charge in [-0.2, -0.15) is 0 Å². The van der Waals surface area contributed by atoms with Gasteiger partial charge in [0, 0.05) is 4.47 Å². The van der Waals surface area contributed by atoms with Crippen LogP contribution in [0.2, 0.25) is 0 Å². The first-order valence-electron chi connectivity index (χ1n) is 7.96. The Kier molecular flexibility index (Phi) is 4.99. The molecule has 0 saturated heterocycles. The van der Waals surface area contributed by atoms with E-state index in [-0.39, 0.29) is 24.1 Å². The first-order chi connectivity index (χ1) is 12.0. The molecule has 0 aliphatic carbocycles. The summed E-state index contributed by atoms with van der Waals surface area (Å²) in [6.45, 7) is 3.60. The third-order valence-electron chi connectivity index (χ3n) is 4.10. The number of para-hydroxylation sites is 1. The zero-order valence-corrected chi connectivity index (χ0v) is 15.6. The van der Waals surface area contributed by atoms with Gasteiger partial charge < -0.3 is 5.32 Å². The van der Waals surface area contributed by atoms with Crippen LogP contribution in [0.15, 0.2) is 57.8 Å². The van der Waals surface area contributed by atoms with Crippen LogP contribution >= 0.6 is 15.9 Å². The number of carbonyl (C=O) groups excluding carboxylic acids is 1. The second-order valence-electron chi connectivity index (χ2n) is 5.91. The summed E-state index contributed by atoms with van der Waals surface area (Å²) in [7, 11) is 0. The van der Waals surface area contributed by atoms with E-state index in [9.17, 15) is 9.59 Å². The molecule has 0 aliphatic rings. The number of carbonyl (C=O) groups is 1. The van der Waals surface area contributed by atoms with Gasteiger partial charge in [0.1, 0.15) is 12.4 Å². The van der Waals surface area contributed by atoms with Crippen LogP contribution in [0.5, 0.6) is 0 Å². The van der Waals surface area contributed by atoms with Crippen LogP contribution in [-0.2, 0) is 11.3 Å². The Morgan fingerprint density at radius 1 is 1.20 bits per heavy atom. The molecule has 1 aromatic heterocycles. The molecule has 0 fully saturated rings. The second kappa shape index (κ2) is 7.19. The van der Waals surface area contributed by atoms with Gasteiger partial charge in [0.15, 0.2) is 0 Å². The number of aromatic nitrogens is 2. The van der Waals surface area contributed by atoms with Crippen molar-refractivity contribution in [2.75, 3.05) is 0 Å². The molecule has 5 nitrogen and oxygen atoms in total. The van der Waals surface area contributed by atoms with Crippen molar-refractivity contribution in [3.05, 3.63) is 74.7 Å². The Morgan fingerprint density at radius 2 is 1.88 bits per heavy atom. The van der Waals surface area contributed by atoms with E-state index in [0.29, 0.717) is 16.7 Å². The SMILES string of the molecule is Cc1nc2ccccc2c(=O)n1CC(=O)N[C@H](C)c1ccc(Br)cc1. The Morgan fingerprint density at radius 3 is 2.60 bits per heavy atom. The highest BCUT2D eigenvalue weighted by molar-refractivity contribution is 9.10. The molecule has 0 unspecified atom stereocenters. The number of rotatable bonds is 4. The number of fused-ring (bicyclic) bond motifs is 1. The minimum absolute atomic E-state index is 0.0522. The van der Waals surface area contributed by atoms with Crippen LogP contribution < -0.4 is 10.9 Å². The van der Waals surface area contributed by atoms with Crippen molar-refractivity contribution in [2.45, 2.75) is 26.4 Å². The minimum atomic E-state index is -0.224. The summed E-state index contributed by atoms with van der Waals surface area (Å²) < 4.78 is 2.39. The lowest BCUT2D eigenvalue weighted by atomic mass is 10.1. The molecule has 0 bridgehead atoms. The van der Waals surface area contributed by atoms with E-state index >= 15 is 0 Å². The van der Waals surface area contributed by atoms with Crippen molar-refractivity contribution in [3.63, 3.8) is 0 Å². The van der Waals surface area contributed by atoms with Crippen LogP contribution in [0.4, 0.5) is 0 Å². The number of benzene rings is 2. The number of amides is 1. The molecule has 1 heterocycles. The highest BCUT2D eigenvalue weighted by atomic mass is 79.9. The van der Waals surface area contributed by atoms with Crippen LogP contribution in [0.1, 0.15) is 24.4 Å². The quantitative estimate of drug-likeness (QED) is 0.731. The number of hydrogen-bond donors (Lipinski definition) is 1. The molecule has 1 atom stereocenters. The van der Waals surface area contributed by atoms with Gasteiger partial charge in [-0.3, -0.25) is 14.2 Å². The first-order valence-corrected chi connectivity index (χ1v) is 8.76. The second-order valence-corrected chi connectivity index (χ2v) is 6.82. The topological polar surface area (TPSA) is 64.0 Å². The predicted octanol–water partition coefficient (Wildman–Crippen LogP) is 3.34. The maximum absolute atomic E-state index is 12.6. The van der Waals surface area contributed by atoms with Gasteiger partial charge in [-0.15, -0.1) is 0 Å². The molecule has 0 radical (unpaired) electrons. The van der Waals surface area contributed by atoms with Crippen molar-refractivity contribution in [1.82, 2.24) is 14.9 Å². The summed E-state index contributed by atoms with van der Waals surface area (Å²) in [4.78, 5) is 29.4. The molecule has 3 rings (SSSR count). The molecule has 3 aromatic rings. The standard InChI is InChI=1S/C19H18BrN3O2/c1-12(14-7-9-15(20)10-8-14)21-18(24)11-23-13(2)22-17-6-4-3-5-16(17)19(23)25/h3-10,12H,11H2,1-2H3,(H,21,24)/t12-/m1/s1. The molecule has 2 aromatic carbocycles. The van der Waals surface area contributed by atoms with E-state index in [2.05, 4.69) is 26.2 Å². The number of nitrogens with zero attached hydrogens (tertiary/aromatic N) is 2. The van der Waals surface area contributed by atoms with E-state index in [1.807, 2.05) is 37.3 Å². The lowest BCUT2D eigenvalue weighted by Gasteiger charge is -2.16. The van der Waals surface area contributed by atoms with E-state index in [1.165, 1.54) is 4.57 Å². The van der Waals surface area contributed by atoms with Crippen molar-refractivity contribution >= 4 is 32.7 Å². The number of aryl methyl sites for hydroxylation is 1. The fraction of sp³-hybridized carbons (Fsp3) is 0.211. The highest BCUT2D eigenvalue weighted by Crippen LogP contribution is 2.16. The van der Waals surface area contributed by atoms with E-state index in [1.54, 1.807) is 25.1 Å². The van der Waals surface area contributed by atoms with Crippen molar-refractivity contribution in [2.24, 2.45) is 0 Å². The molecule has 1 amide bonds. The summed E-state index contributed by atoms with van der Waals surface area (Å²) in [5.41, 5.74) is 1.44. The number of halogens is 1. The van der Waals surface area contributed by atoms with Crippen LogP contribution in [0.3, 0.4) is 0 Å². The Hall–Kier alpha value is -2.47. The van der Waals surface area contributed by atoms with Crippen LogP contribution in [0, 0.1) is 6.92 Å². The number of hydrogen-bond acceptors (Lipinski definition) is 3. The maximum Gasteiger partial charge on any atom is 0.261 e. The molecule has 0 aliphatic heterocycles. The zero-order valence-electron chi connectivity index (χ0n) is 14.0. The van der Waals surface area contributed by atoms with Crippen LogP contribution in [-0.4, -0.2) is 15.5 Å². The van der Waals surface area contributed by atoms with Gasteiger partial charge >= 0.3 is 0 Å². The van der Waals surface area contributed by atoms with Gasteiger partial charge in [0.25, 0.3) is 5.56 Å². The monoisotopic (exact) mass is 399 g/mol. The Bertz CT molecular complexity index is 980. The van der Waals surface area contributed by atoms with Gasteiger partial charge in [0.2, 0.25) is 5.91 Å². The van der Waals surface area contributed by atoms with Gasteiger partial charge in [-0.05, 0) is 43.7 Å². The normalized spacial score (nSPS) is 12.1. The van der Waals surface area contributed by atoms with E-state index in [4.69, 9.17) is 0 Å². The molecule has 0 saturated carbocycles. The molecular weight excluding hydrogens is 382 g/mol. The average Bonchev–Trinajstić information content (AvgIpc) is 2.59. The van der Waals surface area contributed by atoms with Crippen LogP contribution in [0.25, 0.3) is 10.9 Å². The van der Waals surface area contributed by atoms with Gasteiger partial charge in [0.05, 0.1) is 16.9 Å². The largest absolute Gasteiger partial charge is 0.348 e. The van der Waals surface area contributed by atoms with Crippen molar-refractivity contribution in [1.29, 1.82) is 0 Å². The van der Waals surface area contributed by atoms with Crippen molar-refractivity contribution < 1.29 is 4.79 Å². The predicted molar refractivity (Wildman–Crippen MR) is 101 cm³/mol. The summed E-state index contributed by atoms with van der Waals surface area (Å²) in [6, 6.07) is 14.8. The molecule has 128 valence electrons. The lowest BCUT2D eigenvalue weighted by Crippen LogP contribution is -2.35. The summed E-state index contributed by atoms with van der Waals surface area (Å²) in [5.74, 6) is 0.299. The third-order valence-corrected chi connectivity index (χ3v) is 4.63. The van der Waals surface area contributed by atoms with Gasteiger partial charge in [-0.25, -0.2) is 4.98 Å². The first kappa shape index (κ1) is 17.4. The Balaban J connectivity index is 1.80. The smallest absolute Gasteiger partial charge is 0.261 e.